The van der Waals surface area contributed by atoms with Crippen LogP contribution in [0.1, 0.15) is 11.3 Å². The maximum atomic E-state index is 13.8. The number of nitrogens with one attached hydrogen (secondary N) is 1. The van der Waals surface area contributed by atoms with Gasteiger partial charge in [-0.15, -0.1) is 21.5 Å². The molecular formula is C19H15FN4OS2. The lowest BCUT2D eigenvalue weighted by Crippen LogP contribution is -1.90. The molecule has 0 radical (unpaired) electrons. The van der Waals surface area contributed by atoms with Crippen molar-refractivity contribution in [1.29, 1.82) is 0 Å². The molecule has 0 amide bonds. The molecule has 0 aliphatic heterocycles. The van der Waals surface area contributed by atoms with Crippen molar-refractivity contribution in [2.75, 3.05) is 5.32 Å². The van der Waals surface area contributed by atoms with E-state index in [9.17, 15) is 4.39 Å². The predicted octanol–water partition coefficient (Wildman–Crippen LogP) is 5.68. The summed E-state index contributed by atoms with van der Waals surface area (Å²) in [5, 5.41) is 14.4. The van der Waals surface area contributed by atoms with E-state index in [1.165, 1.54) is 34.7 Å². The van der Waals surface area contributed by atoms with Gasteiger partial charge in [-0.25, -0.2) is 9.37 Å². The Morgan fingerprint density at radius 3 is 2.74 bits per heavy atom. The normalized spacial score (nSPS) is 10.9. The molecule has 0 saturated carbocycles. The number of aromatic nitrogens is 3. The summed E-state index contributed by atoms with van der Waals surface area (Å²) < 4.78 is 19.3. The standard InChI is InChI=1S/C19H15FN4OS2/c1-12-6-8-13(9-7-12)21-18-22-14(10-26-18)11-27-19-24-23-17(25-19)15-4-2-3-5-16(15)20/h2-10H,11H2,1H3,(H,21,22). The molecule has 1 N–H and O–H groups in total. The first-order chi connectivity index (χ1) is 13.2. The molecule has 0 bridgehead atoms. The van der Waals surface area contributed by atoms with E-state index in [2.05, 4.69) is 39.6 Å². The van der Waals surface area contributed by atoms with Crippen LogP contribution in [0.5, 0.6) is 0 Å². The molecule has 8 heteroatoms. The highest BCUT2D eigenvalue weighted by Crippen LogP contribution is 2.28. The van der Waals surface area contributed by atoms with Gasteiger partial charge in [0.1, 0.15) is 5.82 Å². The average molecular weight is 398 g/mol. The largest absolute Gasteiger partial charge is 0.411 e. The van der Waals surface area contributed by atoms with Crippen LogP contribution >= 0.6 is 23.1 Å². The first-order valence-electron chi connectivity index (χ1n) is 8.17. The van der Waals surface area contributed by atoms with Crippen LogP contribution in [0.15, 0.2) is 63.6 Å². The van der Waals surface area contributed by atoms with Crippen LogP contribution in [-0.4, -0.2) is 15.2 Å². The minimum Gasteiger partial charge on any atom is -0.411 e. The van der Waals surface area contributed by atoms with Crippen LogP contribution in [0.4, 0.5) is 15.2 Å². The number of nitrogens with zero attached hydrogens (tertiary/aromatic N) is 3. The first-order valence-corrected chi connectivity index (χ1v) is 10.0. The highest BCUT2D eigenvalue weighted by molar-refractivity contribution is 7.98. The van der Waals surface area contributed by atoms with Crippen molar-refractivity contribution >= 4 is 33.9 Å². The molecule has 4 rings (SSSR count). The van der Waals surface area contributed by atoms with Gasteiger partial charge in [-0.1, -0.05) is 41.6 Å². The molecule has 0 unspecified atom stereocenters. The molecule has 0 fully saturated rings. The SMILES string of the molecule is Cc1ccc(Nc2nc(CSc3nnc(-c4ccccc4F)o3)cs2)cc1. The van der Waals surface area contributed by atoms with Crippen molar-refractivity contribution in [3.63, 3.8) is 0 Å². The molecule has 0 saturated heterocycles. The number of rotatable bonds is 6. The number of thiazole rings is 1. The highest BCUT2D eigenvalue weighted by Gasteiger charge is 2.13. The molecule has 5 nitrogen and oxygen atoms in total. The van der Waals surface area contributed by atoms with Crippen molar-refractivity contribution in [3.8, 4) is 11.5 Å². The Labute approximate surface area is 163 Å². The topological polar surface area (TPSA) is 63.8 Å². The van der Waals surface area contributed by atoms with Gasteiger partial charge in [0.15, 0.2) is 5.13 Å². The Hall–Kier alpha value is -2.71. The highest BCUT2D eigenvalue weighted by atomic mass is 32.2. The molecule has 0 spiro atoms. The number of thioether (sulfide) groups is 1. The Morgan fingerprint density at radius 2 is 1.93 bits per heavy atom. The second kappa shape index (κ2) is 7.89. The number of anilines is 2. The van der Waals surface area contributed by atoms with Gasteiger partial charge in [-0.3, -0.25) is 0 Å². The van der Waals surface area contributed by atoms with Gasteiger partial charge in [0, 0.05) is 16.8 Å². The smallest absolute Gasteiger partial charge is 0.277 e. The third-order valence-electron chi connectivity index (χ3n) is 3.71. The number of halogens is 1. The molecule has 136 valence electrons. The van der Waals surface area contributed by atoms with Crippen LogP contribution < -0.4 is 5.32 Å². The predicted molar refractivity (Wildman–Crippen MR) is 106 cm³/mol. The molecule has 0 aliphatic carbocycles. The van der Waals surface area contributed by atoms with Gasteiger partial charge in [0.25, 0.3) is 11.1 Å². The quantitative estimate of drug-likeness (QED) is 0.422. The monoisotopic (exact) mass is 398 g/mol. The molecule has 0 atom stereocenters. The number of hydrogen-bond donors (Lipinski definition) is 1. The van der Waals surface area contributed by atoms with Gasteiger partial charge in [-0.2, -0.15) is 0 Å². The first kappa shape index (κ1) is 17.7. The average Bonchev–Trinajstić information content (AvgIpc) is 3.32. The fraction of sp³-hybridized carbons (Fsp3) is 0.105. The van der Waals surface area contributed by atoms with Crippen molar-refractivity contribution < 1.29 is 8.81 Å². The summed E-state index contributed by atoms with van der Waals surface area (Å²) in [6.45, 7) is 2.05. The van der Waals surface area contributed by atoms with Gasteiger partial charge in [-0.05, 0) is 31.2 Å². The van der Waals surface area contributed by atoms with Crippen molar-refractivity contribution in [2.45, 2.75) is 17.9 Å². The molecule has 27 heavy (non-hydrogen) atoms. The summed E-state index contributed by atoms with van der Waals surface area (Å²) in [5.74, 6) is 0.380. The summed E-state index contributed by atoms with van der Waals surface area (Å²) in [7, 11) is 0. The molecule has 4 aromatic rings. The second-order valence-electron chi connectivity index (χ2n) is 5.78. The minimum absolute atomic E-state index is 0.176. The second-order valence-corrected chi connectivity index (χ2v) is 7.56. The maximum Gasteiger partial charge on any atom is 0.277 e. The summed E-state index contributed by atoms with van der Waals surface area (Å²) in [4.78, 5) is 4.56. The van der Waals surface area contributed by atoms with Crippen LogP contribution in [0.25, 0.3) is 11.5 Å². The Bertz CT molecular complexity index is 1050. The zero-order chi connectivity index (χ0) is 18.6. The van der Waals surface area contributed by atoms with Crippen molar-refractivity contribution in [1.82, 2.24) is 15.2 Å². The number of hydrogen-bond acceptors (Lipinski definition) is 7. The summed E-state index contributed by atoms with van der Waals surface area (Å²) in [5.41, 5.74) is 3.42. The van der Waals surface area contributed by atoms with Gasteiger partial charge in [0.05, 0.1) is 11.3 Å². The summed E-state index contributed by atoms with van der Waals surface area (Å²) >= 11 is 2.91. The van der Waals surface area contributed by atoms with Crippen LogP contribution in [-0.2, 0) is 5.75 Å². The number of aryl methyl sites for hydroxylation is 1. The lowest BCUT2D eigenvalue weighted by Gasteiger charge is -2.02. The lowest BCUT2D eigenvalue weighted by atomic mass is 10.2. The van der Waals surface area contributed by atoms with Crippen molar-refractivity contribution in [2.24, 2.45) is 0 Å². The third kappa shape index (κ3) is 4.35. The molecule has 0 aliphatic rings. The number of benzene rings is 2. The van der Waals surface area contributed by atoms with E-state index in [0.29, 0.717) is 16.5 Å². The molecular weight excluding hydrogens is 383 g/mol. The zero-order valence-corrected chi connectivity index (χ0v) is 16.0. The van der Waals surface area contributed by atoms with E-state index in [-0.39, 0.29) is 11.7 Å². The molecule has 2 aromatic heterocycles. The lowest BCUT2D eigenvalue weighted by molar-refractivity contribution is 0.462. The Morgan fingerprint density at radius 1 is 1.11 bits per heavy atom. The fourth-order valence-corrected chi connectivity index (χ4v) is 3.83. The maximum absolute atomic E-state index is 13.8. The minimum atomic E-state index is -0.385. The Kier molecular flexibility index (Phi) is 5.17. The van der Waals surface area contributed by atoms with Crippen molar-refractivity contribution in [3.05, 3.63) is 71.0 Å². The summed E-state index contributed by atoms with van der Waals surface area (Å²) in [6.07, 6.45) is 0. The Balaban J connectivity index is 1.38. The zero-order valence-electron chi connectivity index (χ0n) is 14.3. The van der Waals surface area contributed by atoms with Crippen LogP contribution in [0.3, 0.4) is 0 Å². The molecule has 2 aromatic carbocycles. The third-order valence-corrected chi connectivity index (χ3v) is 5.37. The van der Waals surface area contributed by atoms with Gasteiger partial charge < -0.3 is 9.73 Å². The van der Waals surface area contributed by atoms with E-state index in [4.69, 9.17) is 4.42 Å². The summed E-state index contributed by atoms with van der Waals surface area (Å²) in [6, 6.07) is 14.5. The van der Waals surface area contributed by atoms with Gasteiger partial charge in [0.2, 0.25) is 0 Å². The molecule has 2 heterocycles. The van der Waals surface area contributed by atoms with Crippen LogP contribution in [0, 0.1) is 12.7 Å². The van der Waals surface area contributed by atoms with E-state index in [0.717, 1.165) is 16.5 Å². The van der Waals surface area contributed by atoms with Gasteiger partial charge >= 0.3 is 0 Å². The van der Waals surface area contributed by atoms with E-state index in [1.54, 1.807) is 18.2 Å². The van der Waals surface area contributed by atoms with E-state index >= 15 is 0 Å². The van der Waals surface area contributed by atoms with Crippen LogP contribution in [0.2, 0.25) is 0 Å². The van der Waals surface area contributed by atoms with E-state index < -0.39 is 0 Å². The fourth-order valence-electron chi connectivity index (χ4n) is 2.34. The van der Waals surface area contributed by atoms with E-state index in [1.807, 2.05) is 17.5 Å².